The molecule has 0 aliphatic carbocycles. The lowest BCUT2D eigenvalue weighted by Gasteiger charge is -2.12. The minimum absolute atomic E-state index is 0. The van der Waals surface area contributed by atoms with Crippen molar-refractivity contribution in [3.8, 4) is 5.75 Å². The second-order valence-electron chi connectivity index (χ2n) is 4.25. The Morgan fingerprint density at radius 3 is 2.82 bits per heavy atom. The molecule has 0 aliphatic rings. The molecule has 6 nitrogen and oxygen atoms in total. The number of halogens is 1. The Kier molecular flexibility index (Phi) is 11.7. The van der Waals surface area contributed by atoms with Crippen molar-refractivity contribution >= 4 is 47.6 Å². The van der Waals surface area contributed by atoms with Crippen molar-refractivity contribution in [2.45, 2.75) is 6.54 Å². The van der Waals surface area contributed by atoms with E-state index in [1.165, 1.54) is 0 Å². The highest BCUT2D eigenvalue weighted by Gasteiger charge is 2.01. The van der Waals surface area contributed by atoms with Crippen molar-refractivity contribution in [2.75, 3.05) is 32.2 Å². The number of rotatable bonds is 8. The number of hydrogen-bond acceptors (Lipinski definition) is 4. The van der Waals surface area contributed by atoms with Gasteiger partial charge in [0.25, 0.3) is 5.91 Å². The van der Waals surface area contributed by atoms with Crippen LogP contribution < -0.4 is 21.1 Å². The second-order valence-corrected chi connectivity index (χ2v) is 5.23. The fraction of sp³-hybridized carbons (Fsp3) is 0.429. The minimum Gasteiger partial charge on any atom is -0.484 e. The number of primary amides is 1. The Morgan fingerprint density at radius 2 is 2.18 bits per heavy atom. The normalized spacial score (nSPS) is 10.5. The molecule has 0 aliphatic heterocycles. The van der Waals surface area contributed by atoms with Crippen molar-refractivity contribution in [1.29, 1.82) is 0 Å². The first-order chi connectivity index (χ1) is 10.2. The van der Waals surface area contributed by atoms with Gasteiger partial charge in [-0.05, 0) is 24.0 Å². The van der Waals surface area contributed by atoms with Crippen molar-refractivity contribution in [3.05, 3.63) is 29.8 Å². The van der Waals surface area contributed by atoms with Gasteiger partial charge in [0.15, 0.2) is 12.6 Å². The highest BCUT2D eigenvalue weighted by atomic mass is 127. The molecule has 0 heterocycles. The Labute approximate surface area is 152 Å². The smallest absolute Gasteiger partial charge is 0.255 e. The number of nitrogens with zero attached hydrogens (tertiary/aromatic N) is 1. The summed E-state index contributed by atoms with van der Waals surface area (Å²) in [4.78, 5) is 14.8. The highest BCUT2D eigenvalue weighted by molar-refractivity contribution is 14.0. The monoisotopic (exact) mass is 438 g/mol. The van der Waals surface area contributed by atoms with E-state index in [9.17, 15) is 4.79 Å². The zero-order chi connectivity index (χ0) is 15.5. The average Bonchev–Trinajstić information content (AvgIpc) is 2.49. The van der Waals surface area contributed by atoms with Gasteiger partial charge in [0.2, 0.25) is 0 Å². The Morgan fingerprint density at radius 1 is 1.41 bits per heavy atom. The third kappa shape index (κ3) is 8.98. The molecule has 0 saturated heterocycles. The number of aliphatic imine (C=N–C) groups is 1. The molecule has 0 spiro atoms. The van der Waals surface area contributed by atoms with Crippen LogP contribution in [0.4, 0.5) is 0 Å². The van der Waals surface area contributed by atoms with Crippen LogP contribution in [-0.2, 0) is 11.3 Å². The van der Waals surface area contributed by atoms with Crippen LogP contribution in [-0.4, -0.2) is 44.1 Å². The molecule has 1 aromatic carbocycles. The topological polar surface area (TPSA) is 88.7 Å². The lowest BCUT2D eigenvalue weighted by Crippen LogP contribution is -2.37. The summed E-state index contributed by atoms with van der Waals surface area (Å²) in [6.45, 7) is 1.37. The van der Waals surface area contributed by atoms with Gasteiger partial charge in [-0.2, -0.15) is 11.8 Å². The predicted octanol–water partition coefficient (Wildman–Crippen LogP) is 1.20. The van der Waals surface area contributed by atoms with E-state index >= 15 is 0 Å². The standard InChI is InChI=1S/C14H22N4O2S.HI/c1-16-14(17-6-7-21-2)18-9-11-4-3-5-12(8-11)20-10-13(15)19;/h3-5,8H,6-7,9-10H2,1-2H3,(H2,15,19)(H2,16,17,18);1H. The third-order valence-electron chi connectivity index (χ3n) is 2.56. The van der Waals surface area contributed by atoms with Crippen LogP contribution in [0.25, 0.3) is 0 Å². The number of hydrogen-bond donors (Lipinski definition) is 3. The van der Waals surface area contributed by atoms with Gasteiger partial charge in [0.05, 0.1) is 0 Å². The maximum atomic E-state index is 10.7. The summed E-state index contributed by atoms with van der Waals surface area (Å²) in [6.07, 6.45) is 2.06. The largest absolute Gasteiger partial charge is 0.484 e. The quantitative estimate of drug-likeness (QED) is 0.246. The summed E-state index contributed by atoms with van der Waals surface area (Å²) in [5, 5.41) is 6.44. The molecule has 0 bridgehead atoms. The second kappa shape index (κ2) is 12.4. The number of carbonyl (C=O) groups is 1. The summed E-state index contributed by atoms with van der Waals surface area (Å²) < 4.78 is 5.27. The molecule has 1 amide bonds. The van der Waals surface area contributed by atoms with E-state index in [1.54, 1.807) is 24.9 Å². The molecule has 1 aromatic rings. The van der Waals surface area contributed by atoms with Crippen LogP contribution in [0, 0.1) is 0 Å². The molecule has 22 heavy (non-hydrogen) atoms. The zero-order valence-corrected chi connectivity index (χ0v) is 15.9. The molecule has 4 N–H and O–H groups in total. The van der Waals surface area contributed by atoms with E-state index < -0.39 is 5.91 Å². The minimum atomic E-state index is -0.489. The van der Waals surface area contributed by atoms with Crippen LogP contribution in [0.1, 0.15) is 5.56 Å². The van der Waals surface area contributed by atoms with Gasteiger partial charge >= 0.3 is 0 Å². The molecule has 0 radical (unpaired) electrons. The molecule has 124 valence electrons. The van der Waals surface area contributed by atoms with Gasteiger partial charge in [-0.25, -0.2) is 0 Å². The lowest BCUT2D eigenvalue weighted by atomic mass is 10.2. The van der Waals surface area contributed by atoms with E-state index in [0.29, 0.717) is 12.3 Å². The van der Waals surface area contributed by atoms with E-state index in [1.807, 2.05) is 18.2 Å². The van der Waals surface area contributed by atoms with Crippen LogP contribution in [0.2, 0.25) is 0 Å². The molecule has 0 fully saturated rings. The first-order valence-corrected chi connectivity index (χ1v) is 7.98. The van der Waals surface area contributed by atoms with Crippen molar-refractivity contribution in [3.63, 3.8) is 0 Å². The summed E-state index contributed by atoms with van der Waals surface area (Å²) >= 11 is 1.78. The molecule has 0 unspecified atom stereocenters. The predicted molar refractivity (Wildman–Crippen MR) is 103 cm³/mol. The first kappa shape index (κ1) is 20.8. The van der Waals surface area contributed by atoms with Gasteiger partial charge in [0, 0.05) is 25.9 Å². The van der Waals surface area contributed by atoms with E-state index in [-0.39, 0.29) is 30.6 Å². The van der Waals surface area contributed by atoms with Gasteiger partial charge in [-0.15, -0.1) is 24.0 Å². The maximum Gasteiger partial charge on any atom is 0.255 e. The summed E-state index contributed by atoms with van der Waals surface area (Å²) in [5.74, 6) is 1.92. The summed E-state index contributed by atoms with van der Waals surface area (Å²) in [7, 11) is 1.74. The van der Waals surface area contributed by atoms with Crippen LogP contribution in [0.3, 0.4) is 0 Å². The number of ether oxygens (including phenoxy) is 1. The van der Waals surface area contributed by atoms with Crippen molar-refractivity contribution < 1.29 is 9.53 Å². The Hall–Kier alpha value is -1.16. The number of nitrogens with one attached hydrogen (secondary N) is 2. The number of nitrogens with two attached hydrogens (primary N) is 1. The number of thioether (sulfide) groups is 1. The fourth-order valence-electron chi connectivity index (χ4n) is 1.58. The molecule has 0 aromatic heterocycles. The lowest BCUT2D eigenvalue weighted by molar-refractivity contribution is -0.119. The van der Waals surface area contributed by atoms with E-state index in [0.717, 1.165) is 23.8 Å². The third-order valence-corrected chi connectivity index (χ3v) is 3.17. The van der Waals surface area contributed by atoms with Crippen LogP contribution in [0.15, 0.2) is 29.3 Å². The SMILES string of the molecule is CN=C(NCCSC)NCc1cccc(OCC(N)=O)c1.I. The van der Waals surface area contributed by atoms with Crippen LogP contribution >= 0.6 is 35.7 Å². The molecule has 8 heteroatoms. The Balaban J connectivity index is 0.00000441. The van der Waals surface area contributed by atoms with Gasteiger partial charge < -0.3 is 21.1 Å². The number of guanidine groups is 1. The first-order valence-electron chi connectivity index (χ1n) is 6.59. The number of carbonyl (C=O) groups excluding carboxylic acids is 1. The van der Waals surface area contributed by atoms with Crippen molar-refractivity contribution in [2.24, 2.45) is 10.7 Å². The molecule has 0 atom stereocenters. The van der Waals surface area contributed by atoms with Gasteiger partial charge in [-0.1, -0.05) is 12.1 Å². The highest BCUT2D eigenvalue weighted by Crippen LogP contribution is 2.12. The zero-order valence-electron chi connectivity index (χ0n) is 12.8. The van der Waals surface area contributed by atoms with Crippen molar-refractivity contribution in [1.82, 2.24) is 10.6 Å². The maximum absolute atomic E-state index is 10.7. The molecule has 1 rings (SSSR count). The summed E-state index contributed by atoms with van der Waals surface area (Å²) in [5.41, 5.74) is 6.08. The number of amides is 1. The Bertz CT molecular complexity index is 486. The molecule has 0 saturated carbocycles. The molecular formula is C14H23IN4O2S. The average molecular weight is 438 g/mol. The fourth-order valence-corrected chi connectivity index (χ4v) is 1.88. The van der Waals surface area contributed by atoms with Gasteiger partial charge in [-0.3, -0.25) is 9.79 Å². The summed E-state index contributed by atoms with van der Waals surface area (Å²) in [6, 6.07) is 7.50. The molecular weight excluding hydrogens is 415 g/mol. The number of benzene rings is 1. The van der Waals surface area contributed by atoms with E-state index in [4.69, 9.17) is 10.5 Å². The van der Waals surface area contributed by atoms with Gasteiger partial charge in [0.1, 0.15) is 5.75 Å². The van der Waals surface area contributed by atoms with E-state index in [2.05, 4.69) is 21.9 Å². The van der Waals surface area contributed by atoms with Crippen LogP contribution in [0.5, 0.6) is 5.75 Å².